The van der Waals surface area contributed by atoms with Gasteiger partial charge in [0.15, 0.2) is 6.23 Å². The molecule has 10 nitrogen and oxygen atoms in total. The van der Waals surface area contributed by atoms with E-state index in [0.29, 0.717) is 51.6 Å². The fraction of sp³-hybridized carbons (Fsp3) is 0.556. The first-order valence-electron chi connectivity index (χ1n) is 13.6. The molecule has 5 heterocycles. The topological polar surface area (TPSA) is 90.5 Å². The van der Waals surface area contributed by atoms with Gasteiger partial charge in [-0.3, -0.25) is 9.69 Å². The predicted octanol–water partition coefficient (Wildman–Crippen LogP) is 3.33. The number of anilines is 1. The van der Waals surface area contributed by atoms with Gasteiger partial charge in [-0.1, -0.05) is 22.9 Å². The van der Waals surface area contributed by atoms with E-state index in [4.69, 9.17) is 21.1 Å². The highest BCUT2D eigenvalue weighted by molar-refractivity contribution is 6.33. The van der Waals surface area contributed by atoms with Gasteiger partial charge in [-0.05, 0) is 49.4 Å². The molecule has 2 atom stereocenters. The SMILES string of the molecule is CC(c1ccc(F)cc1CN1CCOCC1)n1nnc2c1CCN(c1cnn(C3CCCCO3)c(=O)c1Cl)C2. The van der Waals surface area contributed by atoms with Crippen LogP contribution in [-0.2, 0) is 29.0 Å². The van der Waals surface area contributed by atoms with Gasteiger partial charge in [0.2, 0.25) is 0 Å². The first kappa shape index (κ1) is 26.4. The van der Waals surface area contributed by atoms with Gasteiger partial charge in [0.25, 0.3) is 5.56 Å². The van der Waals surface area contributed by atoms with Crippen LogP contribution in [0.5, 0.6) is 0 Å². The van der Waals surface area contributed by atoms with Gasteiger partial charge in [0.05, 0.1) is 43.4 Å². The Kier molecular flexibility index (Phi) is 7.66. The summed E-state index contributed by atoms with van der Waals surface area (Å²) in [6, 6.07) is 4.88. The number of rotatable bonds is 6. The lowest BCUT2D eigenvalue weighted by Gasteiger charge is -2.31. The summed E-state index contributed by atoms with van der Waals surface area (Å²) in [4.78, 5) is 17.3. The van der Waals surface area contributed by atoms with Gasteiger partial charge >= 0.3 is 0 Å². The maximum atomic E-state index is 14.2. The minimum Gasteiger partial charge on any atom is -0.379 e. The number of hydrogen-bond acceptors (Lipinski definition) is 8. The van der Waals surface area contributed by atoms with Crippen molar-refractivity contribution >= 4 is 17.3 Å². The Morgan fingerprint density at radius 1 is 1.18 bits per heavy atom. The Balaban J connectivity index is 1.22. The summed E-state index contributed by atoms with van der Waals surface area (Å²) in [5, 5.41) is 13.5. The highest BCUT2D eigenvalue weighted by atomic mass is 35.5. The quantitative estimate of drug-likeness (QED) is 0.456. The van der Waals surface area contributed by atoms with Crippen LogP contribution in [0.3, 0.4) is 0 Å². The van der Waals surface area contributed by atoms with E-state index in [0.717, 1.165) is 54.9 Å². The first-order chi connectivity index (χ1) is 19.0. The van der Waals surface area contributed by atoms with Crippen LogP contribution in [0.2, 0.25) is 5.02 Å². The molecule has 2 aromatic heterocycles. The molecular weight excluding hydrogens is 525 g/mol. The predicted molar refractivity (Wildman–Crippen MR) is 143 cm³/mol. The molecule has 3 aliphatic rings. The highest BCUT2D eigenvalue weighted by Gasteiger charge is 2.29. The number of nitrogens with zero attached hydrogens (tertiary/aromatic N) is 7. The van der Waals surface area contributed by atoms with Gasteiger partial charge < -0.3 is 14.4 Å². The third-order valence-corrected chi connectivity index (χ3v) is 8.30. The second-order valence-corrected chi connectivity index (χ2v) is 10.8. The van der Waals surface area contributed by atoms with E-state index >= 15 is 0 Å². The molecule has 39 heavy (non-hydrogen) atoms. The van der Waals surface area contributed by atoms with E-state index in [1.165, 1.54) is 10.7 Å². The molecule has 3 aromatic rings. The Morgan fingerprint density at radius 3 is 2.82 bits per heavy atom. The number of ether oxygens (including phenoxy) is 2. The number of fused-ring (bicyclic) bond motifs is 1. The number of benzene rings is 1. The Bertz CT molecular complexity index is 1380. The normalized spacial score (nSPS) is 21.1. The second kappa shape index (κ2) is 11.3. The summed E-state index contributed by atoms with van der Waals surface area (Å²) < 4.78 is 28.7. The average molecular weight is 558 g/mol. The lowest BCUT2D eigenvalue weighted by atomic mass is 9.99. The van der Waals surface area contributed by atoms with E-state index in [1.54, 1.807) is 12.3 Å². The molecule has 2 unspecified atom stereocenters. The average Bonchev–Trinajstić information content (AvgIpc) is 3.39. The highest BCUT2D eigenvalue weighted by Crippen LogP contribution is 2.31. The van der Waals surface area contributed by atoms with Crippen LogP contribution in [-0.4, -0.2) is 69.1 Å². The summed E-state index contributed by atoms with van der Waals surface area (Å²) in [5.74, 6) is -0.243. The van der Waals surface area contributed by atoms with Crippen molar-refractivity contribution in [2.24, 2.45) is 0 Å². The zero-order valence-corrected chi connectivity index (χ0v) is 22.8. The van der Waals surface area contributed by atoms with Crippen molar-refractivity contribution < 1.29 is 13.9 Å². The van der Waals surface area contributed by atoms with Crippen molar-refractivity contribution in [2.75, 3.05) is 44.4 Å². The van der Waals surface area contributed by atoms with Crippen molar-refractivity contribution in [1.82, 2.24) is 29.7 Å². The minimum atomic E-state index is -0.369. The molecule has 0 saturated carbocycles. The molecule has 2 saturated heterocycles. The lowest BCUT2D eigenvalue weighted by Crippen LogP contribution is -2.36. The standard InChI is InChI=1S/C27H33ClFN7O3/c1-18(21-6-5-20(29)14-19(21)16-33-9-12-38-13-10-33)35-23-7-8-34(17-22(23)31-32-35)24-15-30-36(27(37)26(24)28)25-4-2-3-11-39-25/h5-6,14-15,18,25H,2-4,7-13,16-17H2,1H3. The monoisotopic (exact) mass is 557 g/mol. The molecule has 0 bridgehead atoms. The van der Waals surface area contributed by atoms with Crippen LogP contribution < -0.4 is 10.5 Å². The van der Waals surface area contributed by atoms with Crippen molar-refractivity contribution in [3.05, 3.63) is 68.1 Å². The van der Waals surface area contributed by atoms with E-state index in [-0.39, 0.29) is 28.7 Å². The second-order valence-electron chi connectivity index (χ2n) is 10.4. The summed E-state index contributed by atoms with van der Waals surface area (Å²) in [6.07, 6.45) is 4.69. The summed E-state index contributed by atoms with van der Waals surface area (Å²) in [7, 11) is 0. The van der Waals surface area contributed by atoms with Crippen molar-refractivity contribution in [2.45, 2.75) is 58.0 Å². The fourth-order valence-electron chi connectivity index (χ4n) is 5.77. The van der Waals surface area contributed by atoms with Crippen LogP contribution in [0.25, 0.3) is 0 Å². The Hall–Kier alpha value is -2.86. The Morgan fingerprint density at radius 2 is 2.03 bits per heavy atom. The van der Waals surface area contributed by atoms with Gasteiger partial charge in [0, 0.05) is 39.2 Å². The summed E-state index contributed by atoms with van der Waals surface area (Å²) >= 11 is 6.57. The summed E-state index contributed by atoms with van der Waals surface area (Å²) in [5.41, 5.74) is 4.10. The number of morpholine rings is 1. The van der Waals surface area contributed by atoms with E-state index < -0.39 is 0 Å². The number of hydrogen-bond donors (Lipinski definition) is 0. The molecule has 0 aliphatic carbocycles. The first-order valence-corrected chi connectivity index (χ1v) is 14.0. The molecule has 0 spiro atoms. The van der Waals surface area contributed by atoms with Gasteiger partial charge in [-0.25, -0.2) is 9.07 Å². The molecule has 12 heteroatoms. The zero-order valence-electron chi connectivity index (χ0n) is 22.1. The maximum absolute atomic E-state index is 14.2. The van der Waals surface area contributed by atoms with E-state index in [1.807, 2.05) is 15.6 Å². The zero-order chi connectivity index (χ0) is 26.9. The van der Waals surface area contributed by atoms with Gasteiger partial charge in [0.1, 0.15) is 16.5 Å². The molecule has 1 aromatic carbocycles. The third kappa shape index (κ3) is 5.32. The number of aromatic nitrogens is 5. The van der Waals surface area contributed by atoms with Crippen LogP contribution in [0, 0.1) is 5.82 Å². The van der Waals surface area contributed by atoms with Crippen molar-refractivity contribution in [3.63, 3.8) is 0 Å². The maximum Gasteiger partial charge on any atom is 0.290 e. The van der Waals surface area contributed by atoms with Crippen LogP contribution in [0.1, 0.15) is 61.0 Å². The summed E-state index contributed by atoms with van der Waals surface area (Å²) in [6.45, 7) is 7.50. The van der Waals surface area contributed by atoms with E-state index in [2.05, 4.69) is 27.2 Å². The van der Waals surface area contributed by atoms with Crippen LogP contribution >= 0.6 is 11.6 Å². The fourth-order valence-corrected chi connectivity index (χ4v) is 6.03. The minimum absolute atomic E-state index is 0.117. The number of halogens is 2. The molecule has 6 rings (SSSR count). The molecule has 0 amide bonds. The molecule has 0 N–H and O–H groups in total. The molecule has 2 fully saturated rings. The van der Waals surface area contributed by atoms with Crippen LogP contribution in [0.15, 0.2) is 29.2 Å². The van der Waals surface area contributed by atoms with Crippen molar-refractivity contribution in [3.8, 4) is 0 Å². The molecular formula is C27H33ClFN7O3. The largest absolute Gasteiger partial charge is 0.379 e. The molecule has 3 aliphatic heterocycles. The third-order valence-electron chi connectivity index (χ3n) is 7.94. The van der Waals surface area contributed by atoms with Crippen molar-refractivity contribution in [1.29, 1.82) is 0 Å². The molecule has 0 radical (unpaired) electrons. The molecule has 208 valence electrons. The lowest BCUT2D eigenvalue weighted by molar-refractivity contribution is -0.0424. The van der Waals surface area contributed by atoms with Gasteiger partial charge in [-0.2, -0.15) is 9.78 Å². The smallest absolute Gasteiger partial charge is 0.290 e. The van der Waals surface area contributed by atoms with Gasteiger partial charge in [-0.15, -0.1) is 5.10 Å². The Labute approximate surface area is 231 Å². The van der Waals surface area contributed by atoms with Crippen LogP contribution in [0.4, 0.5) is 10.1 Å². The van der Waals surface area contributed by atoms with E-state index in [9.17, 15) is 9.18 Å².